The number of carbonyl (C=O) groups is 1. The van der Waals surface area contributed by atoms with Gasteiger partial charge in [0.05, 0.1) is 17.7 Å². The lowest BCUT2D eigenvalue weighted by Crippen LogP contribution is -2.38. The molecule has 0 unspecified atom stereocenters. The minimum absolute atomic E-state index is 0.0756. The number of nitrogens with zero attached hydrogens (tertiary/aromatic N) is 1. The van der Waals surface area contributed by atoms with E-state index in [1.807, 2.05) is 24.3 Å². The Morgan fingerprint density at radius 2 is 1.93 bits per heavy atom. The molecule has 3 aromatic rings. The highest BCUT2D eigenvalue weighted by Crippen LogP contribution is 2.43. The van der Waals surface area contributed by atoms with Crippen LogP contribution in [0.4, 0.5) is 5.69 Å². The maximum Gasteiger partial charge on any atom is 0.235 e. The largest absolute Gasteiger partial charge is 0.491 e. The van der Waals surface area contributed by atoms with E-state index in [0.717, 1.165) is 53.6 Å². The van der Waals surface area contributed by atoms with Crippen LogP contribution in [0, 0.1) is 12.8 Å². The Morgan fingerprint density at radius 3 is 2.67 bits per heavy atom. The molecule has 1 amide bonds. The van der Waals surface area contributed by atoms with Crippen molar-refractivity contribution < 1.29 is 9.53 Å². The highest BCUT2D eigenvalue weighted by molar-refractivity contribution is 6.06. The van der Waals surface area contributed by atoms with Crippen molar-refractivity contribution in [3.63, 3.8) is 0 Å². The average molecular weight is 403 g/mol. The van der Waals surface area contributed by atoms with Crippen LogP contribution in [0.2, 0.25) is 0 Å². The zero-order chi connectivity index (χ0) is 21.1. The van der Waals surface area contributed by atoms with Gasteiger partial charge in [0.2, 0.25) is 5.91 Å². The second-order valence-electron chi connectivity index (χ2n) is 8.83. The molecule has 0 aliphatic heterocycles. The fraction of sp³-hybridized carbons (Fsp3) is 0.385. The molecule has 4 nitrogen and oxygen atoms in total. The van der Waals surface area contributed by atoms with Crippen LogP contribution in [0.3, 0.4) is 0 Å². The number of benzene rings is 2. The van der Waals surface area contributed by atoms with Crippen molar-refractivity contribution in [1.82, 2.24) is 4.98 Å². The third kappa shape index (κ3) is 3.91. The van der Waals surface area contributed by atoms with Crippen LogP contribution in [-0.2, 0) is 10.2 Å². The number of fused-ring (bicyclic) bond motifs is 1. The van der Waals surface area contributed by atoms with Crippen molar-refractivity contribution in [3.8, 4) is 5.75 Å². The lowest BCUT2D eigenvalue weighted by Gasteiger charge is -2.29. The molecule has 30 heavy (non-hydrogen) atoms. The fourth-order valence-electron chi connectivity index (χ4n) is 4.44. The van der Waals surface area contributed by atoms with Gasteiger partial charge >= 0.3 is 0 Å². The molecule has 1 saturated carbocycles. The van der Waals surface area contributed by atoms with E-state index < -0.39 is 5.41 Å². The van der Waals surface area contributed by atoms with Crippen molar-refractivity contribution in [2.75, 3.05) is 11.9 Å². The first-order valence-corrected chi connectivity index (χ1v) is 10.9. The number of pyridine rings is 1. The number of anilines is 1. The van der Waals surface area contributed by atoms with Crippen LogP contribution < -0.4 is 10.1 Å². The molecule has 0 radical (unpaired) electrons. The second-order valence-corrected chi connectivity index (χ2v) is 8.83. The van der Waals surface area contributed by atoms with Crippen LogP contribution in [0.5, 0.6) is 5.75 Å². The van der Waals surface area contributed by atoms with Crippen LogP contribution >= 0.6 is 0 Å². The van der Waals surface area contributed by atoms with Crippen LogP contribution in [0.1, 0.15) is 50.7 Å². The van der Waals surface area contributed by atoms with Gasteiger partial charge in [-0.25, -0.2) is 0 Å². The molecule has 1 aliphatic carbocycles. The molecule has 0 spiro atoms. The van der Waals surface area contributed by atoms with Crippen LogP contribution in [0.15, 0.2) is 54.7 Å². The molecule has 1 aromatic heterocycles. The first-order valence-electron chi connectivity index (χ1n) is 10.9. The summed E-state index contributed by atoms with van der Waals surface area (Å²) >= 11 is 0. The van der Waals surface area contributed by atoms with E-state index in [1.165, 1.54) is 5.56 Å². The SMILES string of the molecule is Cc1cccc(C2(C(=O)Nc3ccc(OCC(C)C)c4ncccc34)CCCC2)c1. The fourth-order valence-corrected chi connectivity index (χ4v) is 4.44. The monoisotopic (exact) mass is 402 g/mol. The number of nitrogens with one attached hydrogen (secondary N) is 1. The van der Waals surface area contributed by atoms with Crippen LogP contribution in [0.25, 0.3) is 10.9 Å². The first kappa shape index (κ1) is 20.4. The summed E-state index contributed by atoms with van der Waals surface area (Å²) in [4.78, 5) is 18.2. The van der Waals surface area contributed by atoms with Gasteiger partial charge in [-0.2, -0.15) is 0 Å². The quantitative estimate of drug-likeness (QED) is 0.548. The van der Waals surface area contributed by atoms with Crippen molar-refractivity contribution in [2.24, 2.45) is 5.92 Å². The molecule has 4 heteroatoms. The molecule has 0 bridgehead atoms. The topological polar surface area (TPSA) is 51.2 Å². The summed E-state index contributed by atoms with van der Waals surface area (Å²) < 4.78 is 5.97. The third-order valence-corrected chi connectivity index (χ3v) is 6.02. The maximum atomic E-state index is 13.6. The number of ether oxygens (including phenoxy) is 1. The van der Waals surface area contributed by atoms with Gasteiger partial charge in [0.25, 0.3) is 0 Å². The summed E-state index contributed by atoms with van der Waals surface area (Å²) in [5, 5.41) is 4.15. The first-order chi connectivity index (χ1) is 14.5. The average Bonchev–Trinajstić information content (AvgIpc) is 3.24. The Hall–Kier alpha value is -2.88. The zero-order valence-corrected chi connectivity index (χ0v) is 18.1. The molecule has 1 aliphatic rings. The minimum atomic E-state index is -0.465. The van der Waals surface area contributed by atoms with Gasteiger partial charge in [-0.3, -0.25) is 9.78 Å². The van der Waals surface area contributed by atoms with E-state index >= 15 is 0 Å². The number of amides is 1. The van der Waals surface area contributed by atoms with Gasteiger partial charge in [-0.1, -0.05) is 56.5 Å². The summed E-state index contributed by atoms with van der Waals surface area (Å²) in [6, 6.07) is 16.1. The number of aromatic nitrogens is 1. The predicted molar refractivity (Wildman–Crippen MR) is 122 cm³/mol. The molecule has 0 atom stereocenters. The third-order valence-electron chi connectivity index (χ3n) is 6.02. The lowest BCUT2D eigenvalue weighted by molar-refractivity contribution is -0.121. The Morgan fingerprint density at radius 1 is 1.13 bits per heavy atom. The smallest absolute Gasteiger partial charge is 0.235 e. The predicted octanol–water partition coefficient (Wildman–Crippen LogP) is 6.03. The second kappa shape index (κ2) is 8.47. The number of carbonyl (C=O) groups excluding carboxylic acids is 1. The lowest BCUT2D eigenvalue weighted by atomic mass is 9.77. The van der Waals surface area contributed by atoms with E-state index in [9.17, 15) is 4.79 Å². The molecule has 1 N–H and O–H groups in total. The Bertz CT molecular complexity index is 1050. The number of aryl methyl sites for hydroxylation is 1. The van der Waals surface area contributed by atoms with E-state index in [2.05, 4.69) is 55.3 Å². The van der Waals surface area contributed by atoms with E-state index in [-0.39, 0.29) is 5.91 Å². The molecule has 1 fully saturated rings. The Kier molecular flexibility index (Phi) is 5.76. The molecule has 1 heterocycles. The highest BCUT2D eigenvalue weighted by atomic mass is 16.5. The summed E-state index contributed by atoms with van der Waals surface area (Å²) in [5.74, 6) is 1.26. The van der Waals surface area contributed by atoms with Crippen molar-refractivity contribution in [2.45, 2.75) is 51.9 Å². The van der Waals surface area contributed by atoms with Crippen LogP contribution in [-0.4, -0.2) is 17.5 Å². The van der Waals surface area contributed by atoms with Gasteiger partial charge in [0.1, 0.15) is 11.3 Å². The Labute approximate surface area is 178 Å². The minimum Gasteiger partial charge on any atom is -0.491 e. The summed E-state index contributed by atoms with van der Waals surface area (Å²) in [6.07, 6.45) is 5.68. The molecular weight excluding hydrogens is 372 g/mol. The van der Waals surface area contributed by atoms with Crippen molar-refractivity contribution >= 4 is 22.5 Å². The zero-order valence-electron chi connectivity index (χ0n) is 18.1. The van der Waals surface area contributed by atoms with Gasteiger partial charge in [0, 0.05) is 11.6 Å². The van der Waals surface area contributed by atoms with Crippen molar-refractivity contribution in [1.29, 1.82) is 0 Å². The molecule has 156 valence electrons. The maximum absolute atomic E-state index is 13.6. The van der Waals surface area contributed by atoms with E-state index in [4.69, 9.17) is 4.74 Å². The molecule has 2 aromatic carbocycles. The number of hydrogen-bond acceptors (Lipinski definition) is 3. The molecule has 4 rings (SSSR count). The summed E-state index contributed by atoms with van der Waals surface area (Å²) in [6.45, 7) is 6.96. The molecule has 0 saturated heterocycles. The van der Waals surface area contributed by atoms with Gasteiger partial charge in [0.15, 0.2) is 0 Å². The number of hydrogen-bond donors (Lipinski definition) is 1. The van der Waals surface area contributed by atoms with Gasteiger partial charge < -0.3 is 10.1 Å². The van der Waals surface area contributed by atoms with Crippen molar-refractivity contribution in [3.05, 3.63) is 65.9 Å². The standard InChI is InChI=1S/C26H30N2O2/c1-18(2)17-30-23-12-11-22(21-10-7-15-27-24(21)23)28-25(29)26(13-4-5-14-26)20-9-6-8-19(3)16-20/h6-12,15-16,18H,4-5,13-14,17H2,1-3H3,(H,28,29). The number of rotatable bonds is 6. The normalized spacial score (nSPS) is 15.5. The van der Waals surface area contributed by atoms with E-state index in [0.29, 0.717) is 12.5 Å². The highest BCUT2D eigenvalue weighted by Gasteiger charge is 2.42. The summed E-state index contributed by atoms with van der Waals surface area (Å²) in [5.41, 5.74) is 3.42. The molecular formula is C26H30N2O2. The van der Waals surface area contributed by atoms with Gasteiger partial charge in [-0.15, -0.1) is 0 Å². The Balaban J connectivity index is 1.68. The van der Waals surface area contributed by atoms with Gasteiger partial charge in [-0.05, 0) is 55.5 Å². The van der Waals surface area contributed by atoms with E-state index in [1.54, 1.807) is 6.20 Å². The summed E-state index contributed by atoms with van der Waals surface area (Å²) in [7, 11) is 0.